The standard InChI is InChI=1S/C13H15F2NO2/c1-2-3-12(17)16-9-8-10-4-6-11(7-5-10)18-13(14)15/h2-7,13H,8-9H2,1H3,(H,16,17). The number of hydrogen-bond donors (Lipinski definition) is 1. The second kappa shape index (κ2) is 7.42. The number of allylic oxidation sites excluding steroid dienone is 1. The molecule has 0 spiro atoms. The van der Waals surface area contributed by atoms with E-state index in [0.717, 1.165) is 5.56 Å². The Morgan fingerprint density at radius 3 is 2.61 bits per heavy atom. The number of carbonyl (C=O) groups excluding carboxylic acids is 1. The number of alkyl halides is 2. The van der Waals surface area contributed by atoms with Crippen LogP contribution in [0.4, 0.5) is 8.78 Å². The fourth-order valence-electron chi connectivity index (χ4n) is 1.38. The first-order valence-electron chi connectivity index (χ1n) is 5.56. The van der Waals surface area contributed by atoms with Crippen molar-refractivity contribution in [3.63, 3.8) is 0 Å². The molecule has 0 saturated heterocycles. The van der Waals surface area contributed by atoms with E-state index in [9.17, 15) is 13.6 Å². The largest absolute Gasteiger partial charge is 0.435 e. The second-order valence-corrected chi connectivity index (χ2v) is 3.56. The molecule has 0 heterocycles. The van der Waals surface area contributed by atoms with Crippen LogP contribution >= 0.6 is 0 Å². The van der Waals surface area contributed by atoms with E-state index in [2.05, 4.69) is 10.1 Å². The van der Waals surface area contributed by atoms with Crippen LogP contribution in [0.3, 0.4) is 0 Å². The van der Waals surface area contributed by atoms with Gasteiger partial charge in [-0.3, -0.25) is 4.79 Å². The summed E-state index contributed by atoms with van der Waals surface area (Å²) in [4.78, 5) is 11.1. The fraction of sp³-hybridized carbons (Fsp3) is 0.308. The molecule has 0 radical (unpaired) electrons. The predicted molar refractivity (Wildman–Crippen MR) is 64.6 cm³/mol. The number of ether oxygens (including phenoxy) is 1. The SMILES string of the molecule is CC=CC(=O)NCCc1ccc(OC(F)F)cc1. The Balaban J connectivity index is 2.37. The molecule has 0 aliphatic carbocycles. The summed E-state index contributed by atoms with van der Waals surface area (Å²) >= 11 is 0. The highest BCUT2D eigenvalue weighted by molar-refractivity contribution is 5.87. The summed E-state index contributed by atoms with van der Waals surface area (Å²) in [5.41, 5.74) is 0.942. The Bertz CT molecular complexity index is 402. The highest BCUT2D eigenvalue weighted by Gasteiger charge is 2.03. The smallest absolute Gasteiger partial charge is 0.387 e. The van der Waals surface area contributed by atoms with Gasteiger partial charge in [0.25, 0.3) is 0 Å². The average Bonchev–Trinajstić information content (AvgIpc) is 2.31. The van der Waals surface area contributed by atoms with Crippen molar-refractivity contribution in [3.05, 3.63) is 42.0 Å². The van der Waals surface area contributed by atoms with Crippen molar-refractivity contribution in [2.24, 2.45) is 0 Å². The average molecular weight is 255 g/mol. The van der Waals surface area contributed by atoms with E-state index in [1.807, 2.05) is 0 Å². The Morgan fingerprint density at radius 1 is 1.39 bits per heavy atom. The molecule has 0 bridgehead atoms. The Hall–Kier alpha value is -1.91. The lowest BCUT2D eigenvalue weighted by atomic mass is 10.1. The summed E-state index contributed by atoms with van der Waals surface area (Å²) in [7, 11) is 0. The number of amides is 1. The Labute approximate surface area is 104 Å². The van der Waals surface area contributed by atoms with Crippen LogP contribution in [0.2, 0.25) is 0 Å². The van der Waals surface area contributed by atoms with Crippen LogP contribution in [-0.2, 0) is 11.2 Å². The number of rotatable bonds is 6. The third-order valence-electron chi connectivity index (χ3n) is 2.18. The van der Waals surface area contributed by atoms with Gasteiger partial charge in [0.1, 0.15) is 5.75 Å². The fourth-order valence-corrected chi connectivity index (χ4v) is 1.38. The van der Waals surface area contributed by atoms with Gasteiger partial charge in [-0.1, -0.05) is 18.2 Å². The number of carbonyl (C=O) groups is 1. The lowest BCUT2D eigenvalue weighted by Crippen LogP contribution is -2.23. The summed E-state index contributed by atoms with van der Waals surface area (Å²) in [6.45, 7) is -0.546. The van der Waals surface area contributed by atoms with E-state index in [0.29, 0.717) is 13.0 Å². The van der Waals surface area contributed by atoms with Gasteiger partial charge in [0.05, 0.1) is 0 Å². The molecule has 0 aliphatic heterocycles. The highest BCUT2D eigenvalue weighted by Crippen LogP contribution is 2.14. The van der Waals surface area contributed by atoms with Crippen LogP contribution in [0.25, 0.3) is 0 Å². The maximum Gasteiger partial charge on any atom is 0.387 e. The molecule has 1 rings (SSSR count). The van der Waals surface area contributed by atoms with Crippen molar-refractivity contribution in [2.45, 2.75) is 20.0 Å². The minimum absolute atomic E-state index is 0.131. The van der Waals surface area contributed by atoms with Crippen molar-refractivity contribution in [1.82, 2.24) is 5.32 Å². The molecule has 0 unspecified atom stereocenters. The van der Waals surface area contributed by atoms with Crippen molar-refractivity contribution in [2.75, 3.05) is 6.54 Å². The maximum absolute atomic E-state index is 11.9. The van der Waals surface area contributed by atoms with E-state index >= 15 is 0 Å². The number of hydrogen-bond acceptors (Lipinski definition) is 2. The molecule has 0 aromatic heterocycles. The molecular formula is C13H15F2NO2. The van der Waals surface area contributed by atoms with E-state index in [1.54, 1.807) is 25.1 Å². The van der Waals surface area contributed by atoms with Gasteiger partial charge in [0.15, 0.2) is 0 Å². The van der Waals surface area contributed by atoms with Crippen LogP contribution in [0.1, 0.15) is 12.5 Å². The number of nitrogens with one attached hydrogen (secondary N) is 1. The molecule has 0 fully saturated rings. The molecule has 0 atom stereocenters. The van der Waals surface area contributed by atoms with Gasteiger partial charge in [-0.25, -0.2) is 0 Å². The van der Waals surface area contributed by atoms with Gasteiger partial charge >= 0.3 is 6.61 Å². The third kappa shape index (κ3) is 5.43. The highest BCUT2D eigenvalue weighted by atomic mass is 19.3. The quantitative estimate of drug-likeness (QED) is 0.793. The van der Waals surface area contributed by atoms with Crippen LogP contribution in [0.15, 0.2) is 36.4 Å². The van der Waals surface area contributed by atoms with Crippen LogP contribution in [-0.4, -0.2) is 19.1 Å². The molecule has 5 heteroatoms. The van der Waals surface area contributed by atoms with Crippen LogP contribution in [0.5, 0.6) is 5.75 Å². The monoisotopic (exact) mass is 255 g/mol. The maximum atomic E-state index is 11.9. The summed E-state index contributed by atoms with van der Waals surface area (Å²) in [6, 6.07) is 6.35. The molecule has 98 valence electrons. The predicted octanol–water partition coefficient (Wildman–Crippen LogP) is 2.52. The molecule has 1 aromatic carbocycles. The first-order valence-corrected chi connectivity index (χ1v) is 5.56. The first kappa shape index (κ1) is 14.2. The van der Waals surface area contributed by atoms with Crippen molar-refractivity contribution in [3.8, 4) is 5.75 Å². The van der Waals surface area contributed by atoms with E-state index < -0.39 is 6.61 Å². The van der Waals surface area contributed by atoms with Gasteiger partial charge in [0.2, 0.25) is 5.91 Å². The summed E-state index contributed by atoms with van der Waals surface area (Å²) < 4.78 is 28.0. The molecule has 0 aliphatic rings. The molecule has 1 aromatic rings. The minimum Gasteiger partial charge on any atom is -0.435 e. The van der Waals surface area contributed by atoms with E-state index in [1.165, 1.54) is 18.2 Å². The van der Waals surface area contributed by atoms with Crippen molar-refractivity contribution >= 4 is 5.91 Å². The van der Waals surface area contributed by atoms with Crippen LogP contribution in [0, 0.1) is 0 Å². The Morgan fingerprint density at radius 2 is 2.06 bits per heavy atom. The zero-order valence-electron chi connectivity index (χ0n) is 10.0. The van der Waals surface area contributed by atoms with Crippen molar-refractivity contribution < 1.29 is 18.3 Å². The summed E-state index contributed by atoms with van der Waals surface area (Å²) in [5, 5.41) is 2.70. The van der Waals surface area contributed by atoms with Gasteiger partial charge in [0, 0.05) is 6.54 Å². The van der Waals surface area contributed by atoms with E-state index in [-0.39, 0.29) is 11.7 Å². The normalized spacial score (nSPS) is 10.9. The zero-order valence-corrected chi connectivity index (χ0v) is 10.0. The topological polar surface area (TPSA) is 38.3 Å². The van der Waals surface area contributed by atoms with Gasteiger partial charge in [-0.15, -0.1) is 0 Å². The molecule has 1 N–H and O–H groups in total. The van der Waals surface area contributed by atoms with E-state index in [4.69, 9.17) is 0 Å². The summed E-state index contributed by atoms with van der Waals surface area (Å²) in [5.74, 6) is -0.0122. The van der Waals surface area contributed by atoms with Gasteiger partial charge in [-0.05, 0) is 37.1 Å². The molecule has 3 nitrogen and oxygen atoms in total. The van der Waals surface area contributed by atoms with Gasteiger partial charge < -0.3 is 10.1 Å². The van der Waals surface area contributed by atoms with Crippen LogP contribution < -0.4 is 10.1 Å². The molecular weight excluding hydrogens is 240 g/mol. The second-order valence-electron chi connectivity index (χ2n) is 3.56. The number of benzene rings is 1. The zero-order chi connectivity index (χ0) is 13.4. The minimum atomic E-state index is -2.81. The lowest BCUT2D eigenvalue weighted by molar-refractivity contribution is -0.116. The van der Waals surface area contributed by atoms with Crippen molar-refractivity contribution in [1.29, 1.82) is 0 Å². The Kier molecular flexibility index (Phi) is 5.84. The molecule has 18 heavy (non-hydrogen) atoms. The molecule has 1 amide bonds. The third-order valence-corrected chi connectivity index (χ3v) is 2.18. The lowest BCUT2D eigenvalue weighted by Gasteiger charge is -2.06. The number of halogens is 2. The summed E-state index contributed by atoms with van der Waals surface area (Å²) in [6.07, 6.45) is 3.74. The molecule has 0 saturated carbocycles. The first-order chi connectivity index (χ1) is 8.61. The van der Waals surface area contributed by atoms with Gasteiger partial charge in [-0.2, -0.15) is 8.78 Å².